The fourth-order valence-corrected chi connectivity index (χ4v) is 1.65. The zero-order valence-electron chi connectivity index (χ0n) is 8.19. The van der Waals surface area contributed by atoms with Gasteiger partial charge in [0.25, 0.3) is 0 Å². The van der Waals surface area contributed by atoms with Crippen molar-refractivity contribution in [3.8, 4) is 6.07 Å². The first kappa shape index (κ1) is 11.0. The van der Waals surface area contributed by atoms with Crippen molar-refractivity contribution in [2.75, 3.05) is 12.8 Å². The van der Waals surface area contributed by atoms with Gasteiger partial charge >= 0.3 is 0 Å². The van der Waals surface area contributed by atoms with Gasteiger partial charge in [-0.15, -0.1) is 11.8 Å². The number of thioether (sulfide) groups is 1. The van der Waals surface area contributed by atoms with Crippen molar-refractivity contribution in [2.45, 2.75) is 17.5 Å². The summed E-state index contributed by atoms with van der Waals surface area (Å²) in [4.78, 5) is 8.06. The first-order valence-electron chi connectivity index (χ1n) is 4.19. The maximum absolute atomic E-state index is 8.90. The van der Waals surface area contributed by atoms with Crippen LogP contribution in [-0.2, 0) is 0 Å². The Balaban J connectivity index is 2.53. The summed E-state index contributed by atoms with van der Waals surface area (Å²) in [6, 6.07) is 2.22. The van der Waals surface area contributed by atoms with Crippen LogP contribution < -0.4 is 5.32 Å². The maximum atomic E-state index is 8.90. The van der Waals surface area contributed by atoms with Gasteiger partial charge in [0.15, 0.2) is 0 Å². The number of aromatic nitrogens is 2. The van der Waals surface area contributed by atoms with Crippen molar-refractivity contribution in [2.24, 2.45) is 0 Å². The molecule has 0 aliphatic rings. The molecule has 0 amide bonds. The SMILES string of the molecule is CNC(C)(C#N)CSc1cnccn1. The minimum atomic E-state index is -0.512. The predicted molar refractivity (Wildman–Crippen MR) is 55.8 cm³/mol. The highest BCUT2D eigenvalue weighted by Gasteiger charge is 2.21. The number of hydrogen-bond donors (Lipinski definition) is 1. The van der Waals surface area contributed by atoms with Crippen LogP contribution in [0.4, 0.5) is 0 Å². The molecule has 0 aromatic carbocycles. The average Bonchev–Trinajstić information content (AvgIpc) is 2.27. The summed E-state index contributed by atoms with van der Waals surface area (Å²) < 4.78 is 0. The van der Waals surface area contributed by atoms with E-state index in [4.69, 9.17) is 5.26 Å². The molecule has 0 spiro atoms. The van der Waals surface area contributed by atoms with E-state index in [2.05, 4.69) is 21.4 Å². The second-order valence-electron chi connectivity index (χ2n) is 3.03. The Morgan fingerprint density at radius 3 is 2.93 bits per heavy atom. The molecule has 0 saturated heterocycles. The van der Waals surface area contributed by atoms with E-state index >= 15 is 0 Å². The van der Waals surface area contributed by atoms with Gasteiger partial charge in [0.1, 0.15) is 10.6 Å². The lowest BCUT2D eigenvalue weighted by Crippen LogP contribution is -2.40. The smallest absolute Gasteiger partial charge is 0.114 e. The standard InChI is InChI=1S/C9H12N4S/c1-9(6-10,11-2)7-14-8-5-12-3-4-13-8/h3-5,11H,7H2,1-2H3. The number of nitrogens with one attached hydrogen (secondary N) is 1. The molecule has 1 unspecified atom stereocenters. The molecule has 74 valence electrons. The Morgan fingerprint density at radius 2 is 2.43 bits per heavy atom. The van der Waals surface area contributed by atoms with Crippen molar-refractivity contribution in [1.29, 1.82) is 5.26 Å². The molecule has 0 radical (unpaired) electrons. The van der Waals surface area contributed by atoms with Crippen LogP contribution in [0.15, 0.2) is 23.6 Å². The van der Waals surface area contributed by atoms with Gasteiger partial charge in [-0.2, -0.15) is 5.26 Å². The van der Waals surface area contributed by atoms with Gasteiger partial charge in [0.05, 0.1) is 12.3 Å². The predicted octanol–water partition coefficient (Wildman–Crippen LogP) is 1.07. The first-order valence-corrected chi connectivity index (χ1v) is 5.18. The van der Waals surface area contributed by atoms with E-state index in [9.17, 15) is 0 Å². The van der Waals surface area contributed by atoms with Gasteiger partial charge in [-0.05, 0) is 14.0 Å². The van der Waals surface area contributed by atoms with E-state index in [-0.39, 0.29) is 0 Å². The third-order valence-electron chi connectivity index (χ3n) is 1.85. The fraction of sp³-hybridized carbons (Fsp3) is 0.444. The molecule has 1 heterocycles. The van der Waals surface area contributed by atoms with Crippen LogP contribution in [0.5, 0.6) is 0 Å². The molecule has 5 heteroatoms. The fourth-order valence-electron chi connectivity index (χ4n) is 0.739. The van der Waals surface area contributed by atoms with Crippen LogP contribution in [0.2, 0.25) is 0 Å². The van der Waals surface area contributed by atoms with Gasteiger partial charge in [-0.3, -0.25) is 4.98 Å². The molecular weight excluding hydrogens is 196 g/mol. The summed E-state index contributed by atoms with van der Waals surface area (Å²) in [7, 11) is 1.78. The van der Waals surface area contributed by atoms with E-state index in [1.807, 2.05) is 6.92 Å². The molecule has 4 nitrogen and oxygen atoms in total. The summed E-state index contributed by atoms with van der Waals surface area (Å²) in [5, 5.41) is 12.7. The Kier molecular flexibility index (Phi) is 3.86. The van der Waals surface area contributed by atoms with Crippen LogP contribution in [0.3, 0.4) is 0 Å². The molecule has 14 heavy (non-hydrogen) atoms. The average molecular weight is 208 g/mol. The summed E-state index contributed by atoms with van der Waals surface area (Å²) >= 11 is 1.52. The Labute approximate surface area is 87.8 Å². The zero-order chi connectivity index (χ0) is 10.4. The molecule has 0 aliphatic heterocycles. The summed E-state index contributed by atoms with van der Waals surface area (Å²) in [5.74, 6) is 0.651. The number of nitrogens with zero attached hydrogens (tertiary/aromatic N) is 3. The minimum absolute atomic E-state index is 0.512. The van der Waals surface area contributed by atoms with Gasteiger partial charge in [-0.1, -0.05) is 0 Å². The maximum Gasteiger partial charge on any atom is 0.114 e. The second-order valence-corrected chi connectivity index (χ2v) is 4.02. The van der Waals surface area contributed by atoms with E-state index < -0.39 is 5.54 Å². The topological polar surface area (TPSA) is 61.6 Å². The first-order chi connectivity index (χ1) is 6.70. The van der Waals surface area contributed by atoms with Crippen LogP contribution in [0.25, 0.3) is 0 Å². The van der Waals surface area contributed by atoms with Crippen molar-refractivity contribution in [3.05, 3.63) is 18.6 Å². The molecule has 1 rings (SSSR count). The van der Waals surface area contributed by atoms with Crippen molar-refractivity contribution < 1.29 is 0 Å². The van der Waals surface area contributed by atoms with Gasteiger partial charge in [-0.25, -0.2) is 4.98 Å². The summed E-state index contributed by atoms with van der Waals surface area (Å²) in [6.45, 7) is 1.86. The van der Waals surface area contributed by atoms with Crippen LogP contribution >= 0.6 is 11.8 Å². The number of rotatable bonds is 4. The van der Waals surface area contributed by atoms with E-state index in [0.29, 0.717) is 5.75 Å². The largest absolute Gasteiger partial charge is 0.302 e. The second kappa shape index (κ2) is 4.94. The lowest BCUT2D eigenvalue weighted by molar-refractivity contribution is 0.550. The zero-order valence-corrected chi connectivity index (χ0v) is 9.01. The van der Waals surface area contributed by atoms with Gasteiger partial charge in [0, 0.05) is 18.1 Å². The van der Waals surface area contributed by atoms with E-state index in [1.54, 1.807) is 25.6 Å². The highest BCUT2D eigenvalue weighted by atomic mass is 32.2. The molecule has 0 bridgehead atoms. The molecular formula is C9H12N4S. The minimum Gasteiger partial charge on any atom is -0.302 e. The molecule has 1 N–H and O–H groups in total. The lowest BCUT2D eigenvalue weighted by Gasteiger charge is -2.19. The highest BCUT2D eigenvalue weighted by molar-refractivity contribution is 7.99. The van der Waals surface area contributed by atoms with Gasteiger partial charge < -0.3 is 5.32 Å². The lowest BCUT2D eigenvalue weighted by atomic mass is 10.1. The van der Waals surface area contributed by atoms with E-state index in [0.717, 1.165) is 5.03 Å². The molecule has 0 fully saturated rings. The quantitative estimate of drug-likeness (QED) is 0.750. The Morgan fingerprint density at radius 1 is 1.64 bits per heavy atom. The Hall–Kier alpha value is -1.12. The number of nitriles is 1. The monoisotopic (exact) mass is 208 g/mol. The van der Waals surface area contributed by atoms with Crippen LogP contribution in [-0.4, -0.2) is 28.3 Å². The Bertz CT molecular complexity index is 321. The third kappa shape index (κ3) is 2.98. The molecule has 1 aromatic rings. The van der Waals surface area contributed by atoms with Crippen molar-refractivity contribution >= 4 is 11.8 Å². The van der Waals surface area contributed by atoms with E-state index in [1.165, 1.54) is 11.8 Å². The van der Waals surface area contributed by atoms with Gasteiger partial charge in [0.2, 0.25) is 0 Å². The van der Waals surface area contributed by atoms with Crippen LogP contribution in [0.1, 0.15) is 6.92 Å². The van der Waals surface area contributed by atoms with Crippen molar-refractivity contribution in [1.82, 2.24) is 15.3 Å². The normalized spacial score (nSPS) is 14.4. The molecule has 0 aliphatic carbocycles. The third-order valence-corrected chi connectivity index (χ3v) is 3.08. The summed E-state index contributed by atoms with van der Waals surface area (Å²) in [6.07, 6.45) is 4.97. The molecule has 1 atom stereocenters. The number of hydrogen-bond acceptors (Lipinski definition) is 5. The molecule has 0 saturated carbocycles. The highest BCUT2D eigenvalue weighted by Crippen LogP contribution is 2.18. The summed E-state index contributed by atoms with van der Waals surface area (Å²) in [5.41, 5.74) is -0.512. The van der Waals surface area contributed by atoms with Crippen LogP contribution in [0, 0.1) is 11.3 Å². The molecule has 1 aromatic heterocycles. The van der Waals surface area contributed by atoms with Crippen molar-refractivity contribution in [3.63, 3.8) is 0 Å².